The number of isothiocyanates is 3. The summed E-state index contributed by atoms with van der Waals surface area (Å²) in [7, 11) is 0. The first-order valence-corrected chi connectivity index (χ1v) is 2.51. The molecule has 0 saturated heterocycles. The molecule has 0 aliphatic heterocycles. The third-order valence-electron chi connectivity index (χ3n) is 0. The van der Waals surface area contributed by atoms with Gasteiger partial charge in [0.15, 0.2) is 0 Å². The maximum atomic E-state index is 7.13. The van der Waals surface area contributed by atoms with Gasteiger partial charge in [-0.2, -0.15) is 15.5 Å². The summed E-state index contributed by atoms with van der Waals surface area (Å²) in [6.07, 6.45) is 0. The van der Waals surface area contributed by atoms with Crippen molar-refractivity contribution in [2.75, 3.05) is 0 Å². The normalized spacial score (nSPS) is 2.18. The van der Waals surface area contributed by atoms with Crippen molar-refractivity contribution in [2.45, 2.75) is 0 Å². The molecule has 8 heteroatoms. The molecule has 11 heavy (non-hydrogen) atoms. The summed E-state index contributed by atoms with van der Waals surface area (Å²) in [5.41, 5.74) is 0. The maximum absolute atomic E-state index is 7.13. The van der Waals surface area contributed by atoms with Crippen LogP contribution in [0, 0.1) is 0 Å². The molecule has 0 rings (SSSR count). The number of nitrogens with zero attached hydrogens (tertiary/aromatic N) is 3. The molecule has 0 aromatic carbocycles. The molecule has 0 aliphatic carbocycles. The van der Waals surface area contributed by atoms with Crippen molar-refractivity contribution in [3.05, 3.63) is 16.2 Å². The van der Waals surface area contributed by atoms with E-state index in [2.05, 4.69) is 36.7 Å². The third kappa shape index (κ3) is 65900. The van der Waals surface area contributed by atoms with Crippen LogP contribution >= 0.6 is 36.7 Å². The molecule has 0 aliphatic rings. The average Bonchev–Trinajstić information content (AvgIpc) is 1.70. The molecule has 0 spiro atoms. The Hall–Kier alpha value is 0.100. The molecule has 0 fully saturated rings. The first-order valence-electron chi connectivity index (χ1n) is 1.28. The minimum Gasteiger partial charge on any atom is -0.753 e. The summed E-state index contributed by atoms with van der Waals surface area (Å²) in [6.45, 7) is 0. The molecule has 0 amide bonds. The second kappa shape index (κ2) is 87.0. The quantitative estimate of drug-likeness (QED) is 0.390. The van der Waals surface area contributed by atoms with Crippen molar-refractivity contribution in [3.63, 3.8) is 0 Å². The standard InChI is InChI=1S/3CNS.Au.H3N/c3*2-1-3;;/h;;;;1H3/q3*-1;+3;. The monoisotopic (exact) mass is 388 g/mol. The van der Waals surface area contributed by atoms with Gasteiger partial charge in [-0.05, 0) is 0 Å². The van der Waals surface area contributed by atoms with Crippen LogP contribution in [-0.2, 0) is 22.4 Å². The second-order valence-electron chi connectivity index (χ2n) is 0.274. The van der Waals surface area contributed by atoms with E-state index in [1.165, 1.54) is 15.5 Å². The van der Waals surface area contributed by atoms with E-state index in [0.717, 1.165) is 0 Å². The van der Waals surface area contributed by atoms with Gasteiger partial charge in [0, 0.05) is 0 Å². The number of hydrogen-bond donors (Lipinski definition) is 1. The van der Waals surface area contributed by atoms with Gasteiger partial charge in [0.1, 0.15) is 0 Å². The fraction of sp³-hybridized carbons (Fsp3) is 0. The molecule has 0 heterocycles. The number of thiocarbonyl (C=S) groups is 3. The Balaban J connectivity index is -0.0000000150. The summed E-state index contributed by atoms with van der Waals surface area (Å²) in [6, 6.07) is 0. The van der Waals surface area contributed by atoms with E-state index in [0.29, 0.717) is 0 Å². The summed E-state index contributed by atoms with van der Waals surface area (Å²) in [5.74, 6) is 0. The van der Waals surface area contributed by atoms with E-state index in [4.69, 9.17) is 16.2 Å². The molecule has 0 atom stereocenters. The molecule has 0 radical (unpaired) electrons. The Morgan fingerprint density at radius 1 is 0.727 bits per heavy atom. The van der Waals surface area contributed by atoms with Gasteiger partial charge in [-0.3, -0.25) is 0 Å². The summed E-state index contributed by atoms with van der Waals surface area (Å²) in [5, 5.41) is 25.4. The van der Waals surface area contributed by atoms with Crippen LogP contribution in [0.3, 0.4) is 0 Å². The Kier molecular flexibility index (Phi) is 241. The van der Waals surface area contributed by atoms with Crippen LogP contribution in [0.15, 0.2) is 0 Å². The van der Waals surface area contributed by atoms with Crippen molar-refractivity contribution in [1.29, 1.82) is 0 Å². The molecule has 0 aromatic rings. The molecular formula is C3H3AuN4S3. The van der Waals surface area contributed by atoms with E-state index in [-0.39, 0.29) is 28.5 Å². The van der Waals surface area contributed by atoms with E-state index in [1.54, 1.807) is 0 Å². The topological polar surface area (TPSA) is 102 Å². The van der Waals surface area contributed by atoms with E-state index in [1.807, 2.05) is 0 Å². The number of hydrogen-bond acceptors (Lipinski definition) is 4. The largest absolute Gasteiger partial charge is 3.00 e. The zero-order chi connectivity index (χ0) is 8.12. The molecule has 0 bridgehead atoms. The van der Waals surface area contributed by atoms with Gasteiger partial charge in [0.2, 0.25) is 0 Å². The van der Waals surface area contributed by atoms with Gasteiger partial charge in [-0.25, -0.2) is 0 Å². The van der Waals surface area contributed by atoms with Crippen LogP contribution in [0.1, 0.15) is 0 Å². The average molecular weight is 388 g/mol. The van der Waals surface area contributed by atoms with Crippen molar-refractivity contribution in [3.8, 4) is 0 Å². The zero-order valence-corrected chi connectivity index (χ0v) is 9.69. The minimum atomic E-state index is 0. The molecule has 0 unspecified atom stereocenters. The zero-order valence-electron chi connectivity index (χ0n) is 5.08. The number of rotatable bonds is 0. The molecular weight excluding hydrogens is 385 g/mol. The van der Waals surface area contributed by atoms with Crippen LogP contribution in [0.25, 0.3) is 16.2 Å². The predicted octanol–water partition coefficient (Wildman–Crippen LogP) is 2.14. The van der Waals surface area contributed by atoms with Crippen molar-refractivity contribution in [1.82, 2.24) is 6.15 Å². The van der Waals surface area contributed by atoms with Crippen LogP contribution < -0.4 is 6.15 Å². The third-order valence-corrected chi connectivity index (χ3v) is 0. The minimum absolute atomic E-state index is 0. The smallest absolute Gasteiger partial charge is 0.753 e. The maximum Gasteiger partial charge on any atom is 3.00 e. The molecule has 0 aromatic heterocycles. The van der Waals surface area contributed by atoms with Gasteiger partial charge in [0.05, 0.1) is 0 Å². The van der Waals surface area contributed by atoms with E-state index < -0.39 is 0 Å². The van der Waals surface area contributed by atoms with Crippen molar-refractivity contribution in [2.24, 2.45) is 0 Å². The Bertz CT molecular complexity index is 112. The SMILES string of the molecule is N.[Au+3].[N-]=C=S.[N-]=C=S.[N-]=C=S. The van der Waals surface area contributed by atoms with Gasteiger partial charge in [-0.1, -0.05) is 36.7 Å². The first-order chi connectivity index (χ1) is 4.24. The molecule has 3 N–H and O–H groups in total. The van der Waals surface area contributed by atoms with E-state index >= 15 is 0 Å². The van der Waals surface area contributed by atoms with Gasteiger partial charge < -0.3 is 22.4 Å². The van der Waals surface area contributed by atoms with Crippen molar-refractivity contribution >= 4 is 52.1 Å². The van der Waals surface area contributed by atoms with Crippen LogP contribution in [0.2, 0.25) is 0 Å². The first kappa shape index (κ1) is 30.4. The fourth-order valence-corrected chi connectivity index (χ4v) is 0. The molecule has 0 saturated carbocycles. The Morgan fingerprint density at radius 3 is 0.727 bits per heavy atom. The summed E-state index contributed by atoms with van der Waals surface area (Å²) >= 11 is 11.1. The summed E-state index contributed by atoms with van der Waals surface area (Å²) < 4.78 is 0. The van der Waals surface area contributed by atoms with Crippen LogP contribution in [-0.4, -0.2) is 15.5 Å². The predicted molar refractivity (Wildman–Crippen MR) is 52.9 cm³/mol. The van der Waals surface area contributed by atoms with Crippen LogP contribution in [0.4, 0.5) is 0 Å². The molecule has 4 nitrogen and oxygen atoms in total. The Morgan fingerprint density at radius 2 is 0.727 bits per heavy atom. The second-order valence-corrected chi connectivity index (χ2v) is 0.822. The van der Waals surface area contributed by atoms with E-state index in [9.17, 15) is 0 Å². The Labute approximate surface area is 96.4 Å². The van der Waals surface area contributed by atoms with Crippen molar-refractivity contribution < 1.29 is 22.4 Å². The summed E-state index contributed by atoms with van der Waals surface area (Å²) in [4.78, 5) is 0. The van der Waals surface area contributed by atoms with Gasteiger partial charge in [-0.15, -0.1) is 0 Å². The van der Waals surface area contributed by atoms with Gasteiger partial charge >= 0.3 is 22.4 Å². The molecule has 64 valence electrons. The van der Waals surface area contributed by atoms with Crippen LogP contribution in [0.5, 0.6) is 0 Å². The fourth-order valence-electron chi connectivity index (χ4n) is 0. The van der Waals surface area contributed by atoms with Gasteiger partial charge in [0.25, 0.3) is 0 Å².